The van der Waals surface area contributed by atoms with Crippen molar-refractivity contribution >= 4 is 21.6 Å². The summed E-state index contributed by atoms with van der Waals surface area (Å²) < 4.78 is 0.697. The van der Waals surface area contributed by atoms with Gasteiger partial charge < -0.3 is 10.4 Å². The molecular formula is C14H19BrN2O3. The SMILES string of the molecule is O=[N+]([O-])c1cc(Br)ccc1CNC1(CO)CCCCC1. The van der Waals surface area contributed by atoms with Crippen LogP contribution in [-0.2, 0) is 6.54 Å². The number of halogens is 1. The van der Waals surface area contributed by atoms with Gasteiger partial charge in [0.05, 0.1) is 11.5 Å². The second kappa shape index (κ2) is 6.65. The highest BCUT2D eigenvalue weighted by molar-refractivity contribution is 9.10. The third-order valence-corrected chi connectivity index (χ3v) is 4.50. The van der Waals surface area contributed by atoms with Crippen LogP contribution < -0.4 is 5.32 Å². The van der Waals surface area contributed by atoms with E-state index in [-0.39, 0.29) is 22.8 Å². The van der Waals surface area contributed by atoms with Gasteiger partial charge in [0.1, 0.15) is 0 Å². The van der Waals surface area contributed by atoms with Crippen LogP contribution in [0.25, 0.3) is 0 Å². The average molecular weight is 343 g/mol. The van der Waals surface area contributed by atoms with E-state index in [1.54, 1.807) is 12.1 Å². The van der Waals surface area contributed by atoms with Crippen LogP contribution in [0.1, 0.15) is 37.7 Å². The molecule has 0 heterocycles. The van der Waals surface area contributed by atoms with Crippen molar-refractivity contribution < 1.29 is 10.0 Å². The molecule has 1 fully saturated rings. The topological polar surface area (TPSA) is 75.4 Å². The standard InChI is InChI=1S/C14H19BrN2O3/c15-12-5-4-11(13(8-12)17(19)20)9-16-14(10-18)6-2-1-3-7-14/h4-5,8,16,18H,1-3,6-7,9-10H2. The van der Waals surface area contributed by atoms with Gasteiger partial charge in [-0.1, -0.05) is 35.2 Å². The van der Waals surface area contributed by atoms with Crippen molar-refractivity contribution in [2.24, 2.45) is 0 Å². The maximum absolute atomic E-state index is 11.1. The first-order chi connectivity index (χ1) is 9.56. The molecule has 1 saturated carbocycles. The number of nitro benzene ring substituents is 1. The Labute approximate surface area is 126 Å². The summed E-state index contributed by atoms with van der Waals surface area (Å²) in [7, 11) is 0. The molecule has 1 aromatic rings. The number of aliphatic hydroxyl groups excluding tert-OH is 1. The number of nitrogens with one attached hydrogen (secondary N) is 1. The largest absolute Gasteiger partial charge is 0.394 e. The van der Waals surface area contributed by atoms with Crippen molar-refractivity contribution in [2.45, 2.75) is 44.2 Å². The molecule has 5 nitrogen and oxygen atoms in total. The lowest BCUT2D eigenvalue weighted by Gasteiger charge is -2.36. The molecule has 0 amide bonds. The van der Waals surface area contributed by atoms with E-state index in [9.17, 15) is 15.2 Å². The van der Waals surface area contributed by atoms with Gasteiger partial charge >= 0.3 is 0 Å². The molecule has 0 aliphatic heterocycles. The van der Waals surface area contributed by atoms with Gasteiger partial charge in [-0.2, -0.15) is 0 Å². The van der Waals surface area contributed by atoms with Gasteiger partial charge in [0.25, 0.3) is 5.69 Å². The molecule has 20 heavy (non-hydrogen) atoms. The third kappa shape index (κ3) is 3.56. The van der Waals surface area contributed by atoms with E-state index in [4.69, 9.17) is 0 Å². The number of nitrogens with zero attached hydrogens (tertiary/aromatic N) is 1. The van der Waals surface area contributed by atoms with E-state index in [2.05, 4.69) is 21.2 Å². The van der Waals surface area contributed by atoms with Crippen molar-refractivity contribution in [1.29, 1.82) is 0 Å². The Morgan fingerprint density at radius 3 is 2.65 bits per heavy atom. The van der Waals surface area contributed by atoms with Gasteiger partial charge in [0.15, 0.2) is 0 Å². The van der Waals surface area contributed by atoms with Crippen molar-refractivity contribution in [1.82, 2.24) is 5.32 Å². The van der Waals surface area contributed by atoms with Crippen molar-refractivity contribution in [3.8, 4) is 0 Å². The first kappa shape index (κ1) is 15.4. The molecule has 1 aliphatic rings. The average Bonchev–Trinajstić information content (AvgIpc) is 2.47. The van der Waals surface area contributed by atoms with E-state index in [0.717, 1.165) is 25.7 Å². The number of hydrogen-bond donors (Lipinski definition) is 2. The molecular weight excluding hydrogens is 324 g/mol. The minimum absolute atomic E-state index is 0.0807. The Balaban J connectivity index is 2.11. The highest BCUT2D eigenvalue weighted by Crippen LogP contribution is 2.29. The second-order valence-electron chi connectivity index (χ2n) is 5.38. The van der Waals surface area contributed by atoms with Gasteiger partial charge in [-0.05, 0) is 25.0 Å². The van der Waals surface area contributed by atoms with Crippen LogP contribution in [-0.4, -0.2) is 22.2 Å². The molecule has 0 aromatic heterocycles. The van der Waals surface area contributed by atoms with Crippen LogP contribution in [0.4, 0.5) is 5.69 Å². The molecule has 0 radical (unpaired) electrons. The van der Waals surface area contributed by atoms with Crippen LogP contribution >= 0.6 is 15.9 Å². The summed E-state index contributed by atoms with van der Waals surface area (Å²) in [4.78, 5) is 10.7. The maximum Gasteiger partial charge on any atom is 0.275 e. The Bertz CT molecular complexity index is 487. The van der Waals surface area contributed by atoms with Gasteiger partial charge in [0.2, 0.25) is 0 Å². The van der Waals surface area contributed by atoms with Crippen molar-refractivity contribution in [3.05, 3.63) is 38.3 Å². The molecule has 6 heteroatoms. The highest BCUT2D eigenvalue weighted by atomic mass is 79.9. The normalized spacial score (nSPS) is 17.9. The van der Waals surface area contributed by atoms with Crippen LogP contribution in [0.15, 0.2) is 22.7 Å². The molecule has 0 bridgehead atoms. The van der Waals surface area contributed by atoms with Gasteiger partial charge in [-0.3, -0.25) is 10.1 Å². The summed E-state index contributed by atoms with van der Waals surface area (Å²) in [5.41, 5.74) is 0.478. The molecule has 2 rings (SSSR count). The Hall–Kier alpha value is -0.980. The van der Waals surface area contributed by atoms with E-state index >= 15 is 0 Å². The van der Waals surface area contributed by atoms with Gasteiger partial charge in [-0.25, -0.2) is 0 Å². The predicted molar refractivity (Wildman–Crippen MR) is 80.5 cm³/mol. The minimum Gasteiger partial charge on any atom is -0.394 e. The quantitative estimate of drug-likeness (QED) is 0.636. The first-order valence-electron chi connectivity index (χ1n) is 6.85. The zero-order chi connectivity index (χ0) is 14.6. The third-order valence-electron chi connectivity index (χ3n) is 4.01. The summed E-state index contributed by atoms with van der Waals surface area (Å²) >= 11 is 3.25. The van der Waals surface area contributed by atoms with E-state index in [1.807, 2.05) is 0 Å². The van der Waals surface area contributed by atoms with E-state index in [0.29, 0.717) is 16.6 Å². The summed E-state index contributed by atoms with van der Waals surface area (Å²) in [6.07, 6.45) is 5.23. The monoisotopic (exact) mass is 342 g/mol. The minimum atomic E-state index is -0.367. The van der Waals surface area contributed by atoms with E-state index in [1.165, 1.54) is 12.5 Å². The lowest BCUT2D eigenvalue weighted by atomic mass is 9.82. The second-order valence-corrected chi connectivity index (χ2v) is 6.30. The fraction of sp³-hybridized carbons (Fsp3) is 0.571. The Kier molecular flexibility index (Phi) is 5.12. The molecule has 0 atom stereocenters. The number of hydrogen-bond acceptors (Lipinski definition) is 4. The maximum atomic E-state index is 11.1. The lowest BCUT2D eigenvalue weighted by Crippen LogP contribution is -2.49. The smallest absolute Gasteiger partial charge is 0.275 e. The van der Waals surface area contributed by atoms with Crippen molar-refractivity contribution in [3.63, 3.8) is 0 Å². The summed E-state index contributed by atoms with van der Waals surface area (Å²) in [6.45, 7) is 0.488. The highest BCUT2D eigenvalue weighted by Gasteiger charge is 2.31. The molecule has 2 N–H and O–H groups in total. The Morgan fingerprint density at radius 1 is 1.35 bits per heavy atom. The van der Waals surface area contributed by atoms with Gasteiger partial charge in [-0.15, -0.1) is 0 Å². The number of aliphatic hydroxyl groups is 1. The molecule has 1 aromatic carbocycles. The van der Waals surface area contributed by atoms with Crippen LogP contribution in [0, 0.1) is 10.1 Å². The number of benzene rings is 1. The first-order valence-corrected chi connectivity index (χ1v) is 7.64. The van der Waals surface area contributed by atoms with Crippen LogP contribution in [0.2, 0.25) is 0 Å². The zero-order valence-electron chi connectivity index (χ0n) is 11.3. The van der Waals surface area contributed by atoms with Crippen LogP contribution in [0.3, 0.4) is 0 Å². The summed E-state index contributed by atoms with van der Waals surface area (Å²) in [5, 5.41) is 24.1. The lowest BCUT2D eigenvalue weighted by molar-refractivity contribution is -0.385. The fourth-order valence-electron chi connectivity index (χ4n) is 2.76. The van der Waals surface area contributed by atoms with E-state index < -0.39 is 0 Å². The fourth-order valence-corrected chi connectivity index (χ4v) is 3.11. The van der Waals surface area contributed by atoms with Crippen LogP contribution in [0.5, 0.6) is 0 Å². The molecule has 0 spiro atoms. The molecule has 0 unspecified atom stereocenters. The Morgan fingerprint density at radius 2 is 2.05 bits per heavy atom. The molecule has 110 valence electrons. The van der Waals surface area contributed by atoms with Gasteiger partial charge in [0, 0.05) is 28.2 Å². The molecule has 1 aliphatic carbocycles. The molecule has 0 saturated heterocycles. The summed E-state index contributed by atoms with van der Waals surface area (Å²) in [5.74, 6) is 0. The summed E-state index contributed by atoms with van der Waals surface area (Å²) in [6, 6.07) is 5.07. The number of rotatable bonds is 5. The van der Waals surface area contributed by atoms with Crippen molar-refractivity contribution in [2.75, 3.05) is 6.61 Å². The number of nitro groups is 1. The zero-order valence-corrected chi connectivity index (χ0v) is 12.9. The predicted octanol–water partition coefficient (Wildman–Crippen LogP) is 3.14.